The van der Waals surface area contributed by atoms with Gasteiger partial charge in [0.05, 0.1) is 0 Å². The van der Waals surface area contributed by atoms with Crippen LogP contribution in [0.25, 0.3) is 0 Å². The molecule has 3 heterocycles. The van der Waals surface area contributed by atoms with Gasteiger partial charge in [-0.1, -0.05) is 17.8 Å². The molecule has 1 saturated heterocycles. The number of anilines is 1. The number of carbonyl (C=O) groups excluding carboxylic acids is 2. The summed E-state index contributed by atoms with van der Waals surface area (Å²) in [6.07, 6.45) is 1.74. The lowest BCUT2D eigenvalue weighted by atomic mass is 10.0. The molecule has 4 N–H and O–H groups in total. The summed E-state index contributed by atoms with van der Waals surface area (Å²) in [5.41, 5.74) is 7.28. The molecule has 3 rings (SSSR count). The molecule has 2 aliphatic heterocycles. The minimum Gasteiger partial charge on any atom is -0.410 e. The number of nitrogens with one attached hydrogen (secondary N) is 1. The van der Waals surface area contributed by atoms with E-state index >= 15 is 0 Å². The number of nitrogens with two attached hydrogens (primary N) is 1. The van der Waals surface area contributed by atoms with Crippen molar-refractivity contribution in [3.63, 3.8) is 0 Å². The lowest BCUT2D eigenvalue weighted by Gasteiger charge is -2.49. The Morgan fingerprint density at radius 3 is 3.00 bits per heavy atom. The largest absolute Gasteiger partial charge is 0.410 e. The number of fused-ring (bicyclic) bond motifs is 1. The molecular weight excluding hydrogens is 350 g/mol. The summed E-state index contributed by atoms with van der Waals surface area (Å²) in [6.45, 7) is 5.60. The zero-order valence-electron chi connectivity index (χ0n) is 12.7. The number of carbonyl (C=O) groups is 2. The summed E-state index contributed by atoms with van der Waals surface area (Å²) in [7, 11) is 0. The number of hydrogen-bond acceptors (Lipinski definition) is 8. The Balaban J connectivity index is 1.74. The molecule has 8 nitrogen and oxygen atoms in total. The summed E-state index contributed by atoms with van der Waals surface area (Å²) in [5.74, 6) is -0.148. The SMILES string of the molecule is C=CC1=C(C)N2C(=O)[C@@H](NC(=O)/C(=N/O)c3csc(N)n3)[C@H]2SC1. The Morgan fingerprint density at radius 1 is 1.67 bits per heavy atom. The highest BCUT2D eigenvalue weighted by Gasteiger charge is 2.51. The Bertz CT molecular complexity index is 785. The molecule has 1 fully saturated rings. The number of allylic oxidation sites excluding steroid dienone is 2. The molecule has 10 heteroatoms. The van der Waals surface area contributed by atoms with Crippen molar-refractivity contribution in [1.29, 1.82) is 0 Å². The van der Waals surface area contributed by atoms with Gasteiger partial charge in [-0.2, -0.15) is 0 Å². The first-order valence-corrected chi connectivity index (χ1v) is 8.92. The number of thioether (sulfide) groups is 1. The number of oxime groups is 1. The summed E-state index contributed by atoms with van der Waals surface area (Å²) >= 11 is 2.67. The van der Waals surface area contributed by atoms with Crippen molar-refractivity contribution >= 4 is 45.8 Å². The van der Waals surface area contributed by atoms with Crippen molar-refractivity contribution in [3.05, 3.63) is 35.0 Å². The van der Waals surface area contributed by atoms with E-state index in [1.165, 1.54) is 5.38 Å². The predicted octanol–water partition coefficient (Wildman–Crippen LogP) is 0.763. The predicted molar refractivity (Wildman–Crippen MR) is 92.8 cm³/mol. The first-order chi connectivity index (χ1) is 11.5. The van der Waals surface area contributed by atoms with Gasteiger partial charge in [-0.15, -0.1) is 23.1 Å². The third-order valence-electron chi connectivity index (χ3n) is 3.89. The van der Waals surface area contributed by atoms with Crippen LogP contribution in [0.3, 0.4) is 0 Å². The lowest BCUT2D eigenvalue weighted by molar-refractivity contribution is -0.144. The average Bonchev–Trinajstić information content (AvgIpc) is 2.98. The second kappa shape index (κ2) is 6.29. The van der Waals surface area contributed by atoms with Gasteiger partial charge in [0.15, 0.2) is 10.8 Å². The van der Waals surface area contributed by atoms with E-state index in [1.54, 1.807) is 22.7 Å². The van der Waals surface area contributed by atoms with E-state index in [0.29, 0.717) is 0 Å². The maximum absolute atomic E-state index is 12.3. The molecular formula is C14H15N5O3S2. The number of amides is 2. The molecule has 0 saturated carbocycles. The monoisotopic (exact) mass is 365 g/mol. The van der Waals surface area contributed by atoms with Crippen LogP contribution in [0.5, 0.6) is 0 Å². The molecule has 0 unspecified atom stereocenters. The number of nitrogens with zero attached hydrogens (tertiary/aromatic N) is 3. The second-order valence-electron chi connectivity index (χ2n) is 5.20. The van der Waals surface area contributed by atoms with Gasteiger partial charge in [-0.3, -0.25) is 14.5 Å². The maximum Gasteiger partial charge on any atom is 0.276 e. The number of aromatic nitrogens is 1. The Labute approximate surface area is 146 Å². The van der Waals surface area contributed by atoms with Crippen molar-refractivity contribution < 1.29 is 14.8 Å². The van der Waals surface area contributed by atoms with E-state index in [-0.39, 0.29) is 27.8 Å². The number of thiazole rings is 1. The lowest BCUT2D eigenvalue weighted by Crippen LogP contribution is -2.70. The molecule has 0 radical (unpaired) electrons. The van der Waals surface area contributed by atoms with Gasteiger partial charge in [-0.25, -0.2) is 4.98 Å². The molecule has 0 spiro atoms. The molecule has 126 valence electrons. The van der Waals surface area contributed by atoms with Gasteiger partial charge in [0.1, 0.15) is 17.1 Å². The molecule has 2 amide bonds. The minimum absolute atomic E-state index is 0.169. The first kappa shape index (κ1) is 16.5. The zero-order valence-corrected chi connectivity index (χ0v) is 14.4. The van der Waals surface area contributed by atoms with Crippen LogP contribution in [0.2, 0.25) is 0 Å². The van der Waals surface area contributed by atoms with Crippen molar-refractivity contribution in [2.75, 3.05) is 11.5 Å². The van der Waals surface area contributed by atoms with Gasteiger partial charge < -0.3 is 16.3 Å². The molecule has 0 aromatic carbocycles. The fourth-order valence-electron chi connectivity index (χ4n) is 2.58. The van der Waals surface area contributed by atoms with Gasteiger partial charge in [0, 0.05) is 16.8 Å². The molecule has 2 aliphatic rings. The molecule has 24 heavy (non-hydrogen) atoms. The van der Waals surface area contributed by atoms with Crippen LogP contribution in [0, 0.1) is 0 Å². The Morgan fingerprint density at radius 2 is 2.42 bits per heavy atom. The average molecular weight is 365 g/mol. The third kappa shape index (κ3) is 2.57. The van der Waals surface area contributed by atoms with Gasteiger partial charge >= 0.3 is 0 Å². The topological polar surface area (TPSA) is 121 Å². The third-order valence-corrected chi connectivity index (χ3v) is 5.87. The molecule has 0 bridgehead atoms. The standard InChI is InChI=1S/C14H15N5O3S2/c1-3-7-4-23-13-10(12(21)19(13)6(7)2)17-11(20)9(18-22)8-5-24-14(15)16-8/h3,5,10,13,22H,1,4H2,2H3,(H2,15,16)(H,17,20)/b18-9+/t10-,13-/m1/s1. The van der Waals surface area contributed by atoms with E-state index in [2.05, 4.69) is 22.0 Å². The summed E-state index contributed by atoms with van der Waals surface area (Å²) < 4.78 is 0. The summed E-state index contributed by atoms with van der Waals surface area (Å²) in [5, 5.41) is 16.3. The van der Waals surface area contributed by atoms with E-state index < -0.39 is 11.9 Å². The highest BCUT2D eigenvalue weighted by molar-refractivity contribution is 8.00. The molecule has 0 aliphatic carbocycles. The van der Waals surface area contributed by atoms with Crippen molar-refractivity contribution in [2.45, 2.75) is 18.3 Å². The van der Waals surface area contributed by atoms with Crippen LogP contribution in [0.4, 0.5) is 5.13 Å². The fraction of sp³-hybridized carbons (Fsp3) is 0.286. The van der Waals surface area contributed by atoms with Crippen molar-refractivity contribution in [1.82, 2.24) is 15.2 Å². The Kier molecular flexibility index (Phi) is 4.33. The highest BCUT2D eigenvalue weighted by Crippen LogP contribution is 2.40. The maximum atomic E-state index is 12.3. The van der Waals surface area contributed by atoms with Crippen LogP contribution in [0.15, 0.2) is 34.5 Å². The van der Waals surface area contributed by atoms with Gasteiger partial charge in [0.25, 0.3) is 11.8 Å². The number of β-lactam (4-membered cyclic amide) rings is 1. The highest BCUT2D eigenvalue weighted by atomic mass is 32.2. The summed E-state index contributed by atoms with van der Waals surface area (Å²) in [6, 6.07) is -0.670. The summed E-state index contributed by atoms with van der Waals surface area (Å²) in [4.78, 5) is 30.2. The Hall–Kier alpha value is -2.33. The number of nitrogen functional groups attached to an aromatic ring is 1. The molecule has 2 atom stereocenters. The second-order valence-corrected chi connectivity index (χ2v) is 7.19. The van der Waals surface area contributed by atoms with Crippen LogP contribution >= 0.6 is 23.1 Å². The fourth-order valence-corrected chi connectivity index (χ4v) is 4.60. The first-order valence-electron chi connectivity index (χ1n) is 6.99. The van der Waals surface area contributed by atoms with E-state index in [9.17, 15) is 9.59 Å². The van der Waals surface area contributed by atoms with E-state index in [4.69, 9.17) is 10.9 Å². The van der Waals surface area contributed by atoms with Crippen LogP contribution < -0.4 is 11.1 Å². The smallest absolute Gasteiger partial charge is 0.276 e. The molecule has 1 aromatic heterocycles. The van der Waals surface area contributed by atoms with Crippen LogP contribution in [-0.4, -0.2) is 49.8 Å². The van der Waals surface area contributed by atoms with E-state index in [0.717, 1.165) is 28.4 Å². The van der Waals surface area contributed by atoms with Crippen LogP contribution in [-0.2, 0) is 9.59 Å². The minimum atomic E-state index is -0.670. The van der Waals surface area contributed by atoms with Crippen LogP contribution in [0.1, 0.15) is 12.6 Å². The van der Waals surface area contributed by atoms with Gasteiger partial charge in [0.2, 0.25) is 0 Å². The zero-order chi connectivity index (χ0) is 17.4. The van der Waals surface area contributed by atoms with Crippen molar-refractivity contribution in [2.24, 2.45) is 5.16 Å². The van der Waals surface area contributed by atoms with Crippen molar-refractivity contribution in [3.8, 4) is 0 Å². The molecule has 1 aromatic rings. The number of hydrogen-bond donors (Lipinski definition) is 3. The van der Waals surface area contributed by atoms with Gasteiger partial charge in [-0.05, 0) is 12.5 Å². The number of rotatable bonds is 4. The normalized spacial score (nSPS) is 23.6. The quantitative estimate of drug-likeness (QED) is 0.314. The van der Waals surface area contributed by atoms with E-state index in [1.807, 2.05) is 6.92 Å².